The van der Waals surface area contributed by atoms with E-state index in [1.807, 2.05) is 49.6 Å². The minimum Gasteiger partial charge on any atom is -0.274 e. The van der Waals surface area contributed by atoms with Gasteiger partial charge in [-0.1, -0.05) is 18.2 Å². The first-order valence-corrected chi connectivity index (χ1v) is 11.1. The van der Waals surface area contributed by atoms with E-state index in [2.05, 4.69) is 9.97 Å². The van der Waals surface area contributed by atoms with Crippen LogP contribution in [0.1, 0.15) is 28.8 Å². The molecule has 0 aliphatic carbocycles. The molecule has 7 nitrogen and oxygen atoms in total. The zero-order valence-corrected chi connectivity index (χ0v) is 18.7. The summed E-state index contributed by atoms with van der Waals surface area (Å²) in [5.41, 5.74) is 4.19. The molecular formula is C22H18N4O3S2. The molecule has 4 rings (SSSR count). The van der Waals surface area contributed by atoms with Gasteiger partial charge in [-0.15, -0.1) is 22.7 Å². The molecule has 0 N–H and O–H groups in total. The van der Waals surface area contributed by atoms with Crippen molar-refractivity contribution in [3.05, 3.63) is 73.7 Å². The Kier molecular flexibility index (Phi) is 5.62. The summed E-state index contributed by atoms with van der Waals surface area (Å²) in [6.45, 7) is 5.48. The Morgan fingerprint density at radius 2 is 1.87 bits per heavy atom. The number of nitrogens with zero attached hydrogens (tertiary/aromatic N) is 4. The van der Waals surface area contributed by atoms with Gasteiger partial charge in [0.2, 0.25) is 5.91 Å². The van der Waals surface area contributed by atoms with Crippen LogP contribution in [0.3, 0.4) is 0 Å². The third kappa shape index (κ3) is 4.23. The Labute approximate surface area is 186 Å². The number of hydrogen-bond donors (Lipinski definition) is 0. The molecule has 0 atom stereocenters. The number of carbonyl (C=O) groups excluding carboxylic acids is 1. The van der Waals surface area contributed by atoms with Gasteiger partial charge >= 0.3 is 0 Å². The molecule has 0 aliphatic rings. The molecule has 1 amide bonds. The molecule has 0 bridgehead atoms. The number of non-ortho nitro benzene ring substituents is 1. The van der Waals surface area contributed by atoms with Crippen molar-refractivity contribution in [3.8, 4) is 0 Å². The minimum atomic E-state index is -0.429. The second-order valence-corrected chi connectivity index (χ2v) is 8.84. The van der Waals surface area contributed by atoms with Crippen molar-refractivity contribution >= 4 is 67.5 Å². The third-order valence-electron chi connectivity index (χ3n) is 4.67. The van der Waals surface area contributed by atoms with E-state index in [-0.39, 0.29) is 11.6 Å². The largest absolute Gasteiger partial charge is 0.274 e. The Hall–Kier alpha value is -3.43. The summed E-state index contributed by atoms with van der Waals surface area (Å²) in [4.78, 5) is 33.7. The summed E-state index contributed by atoms with van der Waals surface area (Å²) in [7, 11) is 0. The van der Waals surface area contributed by atoms with Gasteiger partial charge in [0.25, 0.3) is 5.69 Å². The first kappa shape index (κ1) is 20.8. The zero-order chi connectivity index (χ0) is 22.1. The van der Waals surface area contributed by atoms with Crippen LogP contribution in [0.15, 0.2) is 41.8 Å². The van der Waals surface area contributed by atoms with Crippen LogP contribution in [0.5, 0.6) is 0 Å². The van der Waals surface area contributed by atoms with Crippen molar-refractivity contribution in [3.63, 3.8) is 0 Å². The Bertz CT molecular complexity index is 1320. The molecule has 2 heterocycles. The number of rotatable bonds is 5. The van der Waals surface area contributed by atoms with Crippen molar-refractivity contribution in [1.82, 2.24) is 9.97 Å². The predicted octanol–water partition coefficient (Wildman–Crippen LogP) is 6.13. The van der Waals surface area contributed by atoms with Crippen molar-refractivity contribution < 1.29 is 9.72 Å². The molecular weight excluding hydrogens is 432 g/mol. The first-order valence-electron chi connectivity index (χ1n) is 9.39. The van der Waals surface area contributed by atoms with Crippen molar-refractivity contribution in [1.29, 1.82) is 0 Å². The van der Waals surface area contributed by atoms with Crippen molar-refractivity contribution in [2.24, 2.45) is 0 Å². The zero-order valence-electron chi connectivity index (χ0n) is 17.0. The third-order valence-corrected chi connectivity index (χ3v) is 6.52. The Morgan fingerprint density at radius 3 is 2.55 bits per heavy atom. The number of amides is 1. The van der Waals surface area contributed by atoms with Gasteiger partial charge in [0.15, 0.2) is 5.13 Å². The molecule has 2 aromatic heterocycles. The summed E-state index contributed by atoms with van der Waals surface area (Å²) in [6, 6.07) is 10.6. The fourth-order valence-electron chi connectivity index (χ4n) is 3.28. The van der Waals surface area contributed by atoms with Gasteiger partial charge in [-0.2, -0.15) is 0 Å². The van der Waals surface area contributed by atoms with Crippen molar-refractivity contribution in [2.75, 3.05) is 4.90 Å². The van der Waals surface area contributed by atoms with Gasteiger partial charge < -0.3 is 0 Å². The van der Waals surface area contributed by atoms with Crippen LogP contribution in [0.25, 0.3) is 22.4 Å². The van der Waals surface area contributed by atoms with Crippen LogP contribution in [0.2, 0.25) is 0 Å². The number of nitro groups is 1. The number of thiazole rings is 2. The number of para-hydroxylation sites is 1. The minimum absolute atomic E-state index is 0.0216. The van der Waals surface area contributed by atoms with Crippen LogP contribution in [0, 0.1) is 24.0 Å². The first-order chi connectivity index (χ1) is 14.8. The average Bonchev–Trinajstić information content (AvgIpc) is 3.34. The lowest BCUT2D eigenvalue weighted by molar-refractivity contribution is -0.384. The summed E-state index contributed by atoms with van der Waals surface area (Å²) in [6.07, 6.45) is 3.65. The van der Waals surface area contributed by atoms with E-state index in [0.29, 0.717) is 16.3 Å². The summed E-state index contributed by atoms with van der Waals surface area (Å²) in [5, 5.41) is 14.2. The van der Waals surface area contributed by atoms with E-state index >= 15 is 0 Å². The highest BCUT2D eigenvalue weighted by Gasteiger charge is 2.21. The molecule has 156 valence electrons. The summed E-state index contributed by atoms with van der Waals surface area (Å²) >= 11 is 2.84. The second-order valence-electron chi connectivity index (χ2n) is 6.94. The number of benzene rings is 2. The molecule has 0 spiro atoms. The number of aromatic nitrogens is 2. The maximum Gasteiger partial charge on any atom is 0.271 e. The molecule has 9 heteroatoms. The SMILES string of the molecule is CC(=O)N(c1nc(C=Cc2nc3cc([N+](=O)[O-])ccc3s2)cs1)c1c(C)cccc1C. The van der Waals surface area contributed by atoms with Gasteiger partial charge in [-0.25, -0.2) is 9.97 Å². The van der Waals surface area contributed by atoms with Crippen molar-refractivity contribution in [2.45, 2.75) is 20.8 Å². The number of fused-ring (bicyclic) bond motifs is 1. The van der Waals surface area contributed by atoms with Gasteiger partial charge in [0, 0.05) is 24.4 Å². The van der Waals surface area contributed by atoms with Gasteiger partial charge in [-0.05, 0) is 43.2 Å². The van der Waals surface area contributed by atoms with E-state index in [0.717, 1.165) is 26.5 Å². The van der Waals surface area contributed by atoms with E-state index in [9.17, 15) is 14.9 Å². The van der Waals surface area contributed by atoms with Gasteiger partial charge in [0.1, 0.15) is 5.01 Å². The highest BCUT2D eigenvalue weighted by atomic mass is 32.1. The van der Waals surface area contributed by atoms with Crippen LogP contribution in [-0.4, -0.2) is 20.8 Å². The van der Waals surface area contributed by atoms with Crippen LogP contribution in [0.4, 0.5) is 16.5 Å². The van der Waals surface area contributed by atoms with Gasteiger partial charge in [-0.3, -0.25) is 19.8 Å². The number of hydrogen-bond acceptors (Lipinski definition) is 7. The molecule has 0 saturated heterocycles. The number of aryl methyl sites for hydroxylation is 2. The molecule has 4 aromatic rings. The maximum absolute atomic E-state index is 12.4. The molecule has 2 aromatic carbocycles. The molecule has 0 fully saturated rings. The van der Waals surface area contributed by atoms with E-state index in [4.69, 9.17) is 0 Å². The maximum atomic E-state index is 12.4. The molecule has 0 saturated carbocycles. The lowest BCUT2D eigenvalue weighted by atomic mass is 10.1. The second kappa shape index (κ2) is 8.37. The van der Waals surface area contributed by atoms with E-state index < -0.39 is 4.92 Å². The molecule has 0 unspecified atom stereocenters. The van der Waals surface area contributed by atoms with Crippen LogP contribution >= 0.6 is 22.7 Å². The lowest BCUT2D eigenvalue weighted by Crippen LogP contribution is -2.24. The molecule has 31 heavy (non-hydrogen) atoms. The summed E-state index contributed by atoms with van der Waals surface area (Å²) in [5.74, 6) is -0.102. The van der Waals surface area contributed by atoms with Gasteiger partial charge in [0.05, 0.1) is 26.5 Å². The Balaban J connectivity index is 1.62. The normalized spacial score (nSPS) is 11.3. The quantitative estimate of drug-likeness (QED) is 0.269. The molecule has 0 aliphatic heterocycles. The van der Waals surface area contributed by atoms with Crippen LogP contribution in [-0.2, 0) is 4.79 Å². The number of anilines is 2. The highest BCUT2D eigenvalue weighted by Crippen LogP contribution is 2.34. The number of carbonyl (C=O) groups is 1. The van der Waals surface area contributed by atoms with E-state index in [1.165, 1.54) is 41.7 Å². The smallest absolute Gasteiger partial charge is 0.271 e. The summed E-state index contributed by atoms with van der Waals surface area (Å²) < 4.78 is 0.877. The fraction of sp³-hybridized carbons (Fsp3) is 0.136. The fourth-order valence-corrected chi connectivity index (χ4v) is 4.97. The molecule has 0 radical (unpaired) electrons. The highest BCUT2D eigenvalue weighted by molar-refractivity contribution is 7.19. The predicted molar refractivity (Wildman–Crippen MR) is 126 cm³/mol. The monoisotopic (exact) mass is 450 g/mol. The average molecular weight is 451 g/mol. The number of nitro benzene ring substituents is 1. The van der Waals surface area contributed by atoms with Crippen LogP contribution < -0.4 is 4.90 Å². The van der Waals surface area contributed by atoms with E-state index in [1.54, 1.807) is 11.0 Å². The standard InChI is InChI=1S/C22H18N4O3S2/c1-13-5-4-6-14(2)21(13)25(15(3)27)22-23-16(12-30-22)7-10-20-24-18-11-17(26(28)29)8-9-19(18)31-20/h4-12H,1-3H3. The lowest BCUT2D eigenvalue weighted by Gasteiger charge is -2.22. The topological polar surface area (TPSA) is 89.2 Å². The Morgan fingerprint density at radius 1 is 1.13 bits per heavy atom.